The molecule has 0 radical (unpaired) electrons. The number of nitriles is 1. The van der Waals surface area contributed by atoms with Gasteiger partial charge in [0.25, 0.3) is 0 Å². The lowest BCUT2D eigenvalue weighted by Gasteiger charge is -2.30. The number of aliphatic carboxylic acids is 1. The summed E-state index contributed by atoms with van der Waals surface area (Å²) >= 11 is 0. The van der Waals surface area contributed by atoms with Crippen molar-refractivity contribution in [1.82, 2.24) is 0 Å². The third kappa shape index (κ3) is 2.08. The zero-order chi connectivity index (χ0) is 14.4. The maximum Gasteiger partial charge on any atom is 0.309 e. The summed E-state index contributed by atoms with van der Waals surface area (Å²) in [6.45, 7) is 8.12. The number of allylic oxidation sites excluding steroid dienone is 2. The maximum absolute atomic E-state index is 11.6. The zero-order valence-corrected chi connectivity index (χ0v) is 12.2. The Bertz CT molecular complexity index is 472. The largest absolute Gasteiger partial charge is 0.481 e. The Morgan fingerprint density at radius 2 is 2.11 bits per heavy atom. The lowest BCUT2D eigenvalue weighted by atomic mass is 9.72. The standard InChI is InChI=1S/C16H23NO2/c1-10-5-6-11-13(16(11,4)14(18)19)12(9-17)15(2,3)8-7-10/h7,11-13H,5-6,8H2,1-4H3,(H,18,19)/b10-7+/t11-,12+,13-,16+/m0/s1. The van der Waals surface area contributed by atoms with Crippen molar-refractivity contribution in [3.8, 4) is 6.07 Å². The average molecular weight is 261 g/mol. The third-order valence-corrected chi connectivity index (χ3v) is 5.41. The number of hydrogen-bond acceptors (Lipinski definition) is 2. The van der Waals surface area contributed by atoms with Crippen molar-refractivity contribution in [2.24, 2.45) is 28.6 Å². The minimum absolute atomic E-state index is 0.00398. The first-order valence-electron chi connectivity index (χ1n) is 7.03. The summed E-state index contributed by atoms with van der Waals surface area (Å²) in [4.78, 5) is 11.6. The molecule has 0 heterocycles. The van der Waals surface area contributed by atoms with Crippen LogP contribution in [0, 0.1) is 39.9 Å². The second-order valence-corrected chi connectivity index (χ2v) is 7.11. The van der Waals surface area contributed by atoms with Crippen molar-refractivity contribution in [3.05, 3.63) is 11.6 Å². The van der Waals surface area contributed by atoms with Crippen LogP contribution in [0.5, 0.6) is 0 Å². The van der Waals surface area contributed by atoms with Gasteiger partial charge in [0.2, 0.25) is 0 Å². The molecule has 0 amide bonds. The fourth-order valence-electron chi connectivity index (χ4n) is 3.79. The highest BCUT2D eigenvalue weighted by Gasteiger charge is 2.70. The zero-order valence-electron chi connectivity index (χ0n) is 12.2. The van der Waals surface area contributed by atoms with Crippen LogP contribution in [0.15, 0.2) is 11.6 Å². The van der Waals surface area contributed by atoms with E-state index in [2.05, 4.69) is 32.9 Å². The molecular formula is C16H23NO2. The predicted octanol–water partition coefficient (Wildman–Crippen LogP) is 3.62. The molecule has 2 aliphatic rings. The molecule has 0 aromatic carbocycles. The summed E-state index contributed by atoms with van der Waals surface area (Å²) in [6, 6.07) is 2.41. The molecule has 19 heavy (non-hydrogen) atoms. The second kappa shape index (κ2) is 4.37. The highest BCUT2D eigenvalue weighted by Crippen LogP contribution is 2.67. The minimum Gasteiger partial charge on any atom is -0.481 e. The van der Waals surface area contributed by atoms with Crippen LogP contribution < -0.4 is 0 Å². The van der Waals surface area contributed by atoms with Gasteiger partial charge < -0.3 is 5.11 Å². The summed E-state index contributed by atoms with van der Waals surface area (Å²) in [5.74, 6) is -0.763. The van der Waals surface area contributed by atoms with Gasteiger partial charge in [-0.1, -0.05) is 25.5 Å². The van der Waals surface area contributed by atoms with E-state index in [9.17, 15) is 15.2 Å². The van der Waals surface area contributed by atoms with Crippen LogP contribution in [0.3, 0.4) is 0 Å². The van der Waals surface area contributed by atoms with Crippen molar-refractivity contribution in [2.45, 2.75) is 47.0 Å². The minimum atomic E-state index is -0.735. The van der Waals surface area contributed by atoms with Crippen molar-refractivity contribution in [3.63, 3.8) is 0 Å². The van der Waals surface area contributed by atoms with Crippen LogP contribution >= 0.6 is 0 Å². The van der Waals surface area contributed by atoms with Crippen molar-refractivity contribution >= 4 is 5.97 Å². The molecule has 2 aliphatic carbocycles. The number of nitrogens with zero attached hydrogens (tertiary/aromatic N) is 1. The van der Waals surface area contributed by atoms with E-state index in [4.69, 9.17) is 0 Å². The average Bonchev–Trinajstić information content (AvgIpc) is 2.90. The smallest absolute Gasteiger partial charge is 0.309 e. The summed E-state index contributed by atoms with van der Waals surface area (Å²) in [7, 11) is 0. The van der Waals surface area contributed by atoms with Crippen LogP contribution in [0.1, 0.15) is 47.0 Å². The van der Waals surface area contributed by atoms with E-state index in [-0.39, 0.29) is 23.2 Å². The van der Waals surface area contributed by atoms with E-state index >= 15 is 0 Å². The molecule has 1 N–H and O–H groups in total. The lowest BCUT2D eigenvalue weighted by Crippen LogP contribution is -2.28. The van der Waals surface area contributed by atoms with Gasteiger partial charge in [-0.15, -0.1) is 0 Å². The number of rotatable bonds is 1. The van der Waals surface area contributed by atoms with E-state index in [1.807, 2.05) is 6.92 Å². The van der Waals surface area contributed by atoms with Crippen LogP contribution in [-0.2, 0) is 4.79 Å². The highest BCUT2D eigenvalue weighted by atomic mass is 16.4. The molecule has 0 spiro atoms. The molecule has 0 saturated heterocycles. The Labute approximate surface area is 115 Å². The summed E-state index contributed by atoms with van der Waals surface area (Å²) in [5, 5.41) is 19.1. The van der Waals surface area contributed by atoms with Crippen molar-refractivity contribution in [1.29, 1.82) is 5.26 Å². The van der Waals surface area contributed by atoms with Crippen LogP contribution in [0.4, 0.5) is 0 Å². The number of carboxylic acids is 1. The fraction of sp³-hybridized carbons (Fsp3) is 0.750. The molecule has 1 saturated carbocycles. The summed E-state index contributed by atoms with van der Waals surface area (Å²) in [6.07, 6.45) is 4.94. The molecule has 0 aromatic heterocycles. The molecule has 3 nitrogen and oxygen atoms in total. The molecule has 0 aromatic rings. The van der Waals surface area contributed by atoms with Gasteiger partial charge in [-0.25, -0.2) is 0 Å². The Morgan fingerprint density at radius 3 is 2.63 bits per heavy atom. The maximum atomic E-state index is 11.6. The van der Waals surface area contributed by atoms with Gasteiger partial charge in [0.15, 0.2) is 0 Å². The predicted molar refractivity (Wildman–Crippen MR) is 73.2 cm³/mol. The number of fused-ring (bicyclic) bond motifs is 1. The molecule has 4 atom stereocenters. The van der Waals surface area contributed by atoms with Gasteiger partial charge in [-0.3, -0.25) is 4.79 Å². The fourth-order valence-corrected chi connectivity index (χ4v) is 3.79. The molecule has 0 unspecified atom stereocenters. The van der Waals surface area contributed by atoms with Gasteiger partial charge >= 0.3 is 5.97 Å². The topological polar surface area (TPSA) is 61.1 Å². The molecule has 104 valence electrons. The van der Waals surface area contributed by atoms with E-state index in [0.29, 0.717) is 0 Å². The van der Waals surface area contributed by atoms with E-state index < -0.39 is 11.4 Å². The molecule has 3 heteroatoms. The Morgan fingerprint density at radius 1 is 1.47 bits per heavy atom. The number of carbonyl (C=O) groups is 1. The molecule has 2 rings (SSSR count). The SMILES string of the molecule is C/C1=C\CC(C)(C)[C@H](C#N)[C@@H]2[C@H](CC1)[C@@]2(C)C(=O)O. The van der Waals surface area contributed by atoms with Gasteiger partial charge in [-0.2, -0.15) is 5.26 Å². The third-order valence-electron chi connectivity index (χ3n) is 5.41. The van der Waals surface area contributed by atoms with Gasteiger partial charge in [-0.05, 0) is 50.4 Å². The lowest BCUT2D eigenvalue weighted by molar-refractivity contribution is -0.144. The van der Waals surface area contributed by atoms with Gasteiger partial charge in [0.1, 0.15) is 0 Å². The Balaban J connectivity index is 2.40. The van der Waals surface area contributed by atoms with Crippen LogP contribution in [0.2, 0.25) is 0 Å². The first-order chi connectivity index (χ1) is 8.75. The van der Waals surface area contributed by atoms with Crippen molar-refractivity contribution in [2.75, 3.05) is 0 Å². The first-order valence-corrected chi connectivity index (χ1v) is 7.03. The molecular weight excluding hydrogens is 238 g/mol. The second-order valence-electron chi connectivity index (χ2n) is 7.11. The Hall–Kier alpha value is -1.30. The van der Waals surface area contributed by atoms with Crippen molar-refractivity contribution < 1.29 is 9.90 Å². The van der Waals surface area contributed by atoms with E-state index in [1.54, 1.807) is 0 Å². The quantitative estimate of drug-likeness (QED) is 0.733. The first kappa shape index (κ1) is 14.1. The highest BCUT2D eigenvalue weighted by molar-refractivity contribution is 5.79. The number of carboxylic acid groups (broad SMARTS) is 1. The van der Waals surface area contributed by atoms with E-state index in [1.165, 1.54) is 5.57 Å². The number of hydrogen-bond donors (Lipinski definition) is 1. The van der Waals surface area contributed by atoms with Crippen LogP contribution in [-0.4, -0.2) is 11.1 Å². The summed E-state index contributed by atoms with van der Waals surface area (Å²) < 4.78 is 0. The molecule has 0 bridgehead atoms. The van der Waals surface area contributed by atoms with Gasteiger partial charge in [0, 0.05) is 0 Å². The molecule has 0 aliphatic heterocycles. The molecule has 1 fully saturated rings. The summed E-state index contributed by atoms with van der Waals surface area (Å²) in [5.41, 5.74) is 0.469. The normalized spacial score (nSPS) is 43.5. The van der Waals surface area contributed by atoms with Gasteiger partial charge in [0.05, 0.1) is 17.4 Å². The van der Waals surface area contributed by atoms with E-state index in [0.717, 1.165) is 19.3 Å². The Kier molecular flexibility index (Phi) is 3.24. The monoisotopic (exact) mass is 261 g/mol. The van der Waals surface area contributed by atoms with Crippen LogP contribution in [0.25, 0.3) is 0 Å².